The molecule has 6 aromatic carbocycles. The number of anilines is 3. The smallest absolute Gasteiger partial charge is 0.257 e. The summed E-state index contributed by atoms with van der Waals surface area (Å²) in [6.07, 6.45) is 4.43. The molecule has 0 fully saturated rings. The standard InChI is InChI=1S/C23H25ClN2O4S.C23H25FN2O4S.C23H26N2O4S/c1-13(2)28-17-9-16(10-18(11-17)29-14(3)4)22(27)26-23-25-12-21(31-23)30-20-8-15(5)6-7-19(20)24;1-13(2)28-19-8-16(9-20(11-19)29-14(3)4)22(27)26-23-25-12-21(31-23)30-18-7-15(5)6-17(24)10-18;1-14(2)27-19-10-17(11-20(12-19)28-15(3)4)22(26)25-23-24-13-21(30-23)29-18-8-6-7-16(5)9-18/h2*6-14H,1-5H3,(H,25,26,27);6-15H,1-5H3,(H,24,25,26). The predicted molar refractivity (Wildman–Crippen MR) is 363 cm³/mol. The molecule has 3 heterocycles. The van der Waals surface area contributed by atoms with Crippen molar-refractivity contribution >= 4 is 78.7 Å². The normalized spacial score (nSPS) is 10.9. The van der Waals surface area contributed by atoms with E-state index >= 15 is 0 Å². The monoisotopic (exact) mass is 1330 g/mol. The van der Waals surface area contributed by atoms with Crippen LogP contribution in [0.4, 0.5) is 19.8 Å². The summed E-state index contributed by atoms with van der Waals surface area (Å²) < 4.78 is 65.4. The number of aryl methyl sites for hydroxylation is 3. The third kappa shape index (κ3) is 23.4. The predicted octanol–water partition coefficient (Wildman–Crippen LogP) is 19.0. The maximum atomic E-state index is 13.5. The van der Waals surface area contributed by atoms with Crippen LogP contribution in [0, 0.1) is 26.6 Å². The topological polar surface area (TPSA) is 209 Å². The Morgan fingerprint density at radius 3 is 1.08 bits per heavy atom. The number of nitrogens with one attached hydrogen (secondary N) is 3. The van der Waals surface area contributed by atoms with Gasteiger partial charge in [0.1, 0.15) is 57.6 Å². The summed E-state index contributed by atoms with van der Waals surface area (Å²) in [6, 6.07) is 33.1. The van der Waals surface area contributed by atoms with Crippen molar-refractivity contribution in [3.8, 4) is 66.9 Å². The van der Waals surface area contributed by atoms with E-state index in [1.807, 2.05) is 133 Å². The summed E-state index contributed by atoms with van der Waals surface area (Å²) >= 11 is 9.79. The molecule has 3 N–H and O–H groups in total. The van der Waals surface area contributed by atoms with Gasteiger partial charge in [-0.15, -0.1) is 0 Å². The van der Waals surface area contributed by atoms with Gasteiger partial charge in [-0.05, 0) is 193 Å². The molecular formula is C69H76ClFN6O12S3. The molecule has 0 spiro atoms. The number of benzene rings is 6. The van der Waals surface area contributed by atoms with E-state index in [2.05, 4.69) is 30.9 Å². The van der Waals surface area contributed by atoms with Gasteiger partial charge in [0.25, 0.3) is 17.7 Å². The summed E-state index contributed by atoms with van der Waals surface area (Å²) in [5.41, 5.74) is 4.10. The van der Waals surface area contributed by atoms with Gasteiger partial charge in [0.05, 0.1) is 60.2 Å². The Hall–Kier alpha value is -8.96. The molecule has 0 bridgehead atoms. The lowest BCUT2D eigenvalue weighted by atomic mass is 10.2. The Labute approximate surface area is 553 Å². The van der Waals surface area contributed by atoms with Gasteiger partial charge in [-0.2, -0.15) is 0 Å². The summed E-state index contributed by atoms with van der Waals surface area (Å²) in [4.78, 5) is 51.1. The molecule has 0 unspecified atom stereocenters. The summed E-state index contributed by atoms with van der Waals surface area (Å²) in [5.74, 6) is 3.66. The highest BCUT2D eigenvalue weighted by molar-refractivity contribution is 7.18. The largest absolute Gasteiger partial charge is 0.491 e. The second-order valence-electron chi connectivity index (χ2n) is 22.4. The van der Waals surface area contributed by atoms with E-state index in [9.17, 15) is 18.8 Å². The number of aromatic nitrogens is 3. The number of halogens is 2. The first-order valence-electron chi connectivity index (χ1n) is 29.6. The maximum Gasteiger partial charge on any atom is 0.257 e. The molecule has 9 aromatic rings. The van der Waals surface area contributed by atoms with Gasteiger partial charge < -0.3 is 42.6 Å². The van der Waals surface area contributed by atoms with Crippen LogP contribution in [0.3, 0.4) is 0 Å². The second kappa shape index (κ2) is 33.4. The Morgan fingerprint density at radius 1 is 0.391 bits per heavy atom. The Kier molecular flexibility index (Phi) is 25.6. The minimum Gasteiger partial charge on any atom is -0.491 e. The zero-order valence-corrected chi connectivity index (χ0v) is 57.1. The van der Waals surface area contributed by atoms with Crippen molar-refractivity contribution in [1.29, 1.82) is 0 Å². The molecular weight excluding hydrogens is 1260 g/mol. The lowest BCUT2D eigenvalue weighted by Crippen LogP contribution is -2.14. The summed E-state index contributed by atoms with van der Waals surface area (Å²) in [5, 5.41) is 11.6. The summed E-state index contributed by atoms with van der Waals surface area (Å²) in [7, 11) is 0. The molecule has 9 rings (SSSR count). The molecule has 0 atom stereocenters. The zero-order chi connectivity index (χ0) is 66.8. The van der Waals surface area contributed by atoms with Crippen LogP contribution in [-0.2, 0) is 0 Å². The Balaban J connectivity index is 0.000000196. The van der Waals surface area contributed by atoms with E-state index in [0.717, 1.165) is 33.8 Å². The Bertz CT molecular complexity index is 3840. The highest BCUT2D eigenvalue weighted by atomic mass is 35.5. The number of hydrogen-bond acceptors (Lipinski definition) is 18. The van der Waals surface area contributed by atoms with Crippen LogP contribution in [0.2, 0.25) is 5.02 Å². The van der Waals surface area contributed by atoms with E-state index in [-0.39, 0.29) is 60.2 Å². The van der Waals surface area contributed by atoms with Gasteiger partial charge in [0.2, 0.25) is 15.2 Å². The fraction of sp³-hybridized carbons (Fsp3) is 0.304. The molecule has 0 radical (unpaired) electrons. The fourth-order valence-electron chi connectivity index (χ4n) is 8.22. The highest BCUT2D eigenvalue weighted by Crippen LogP contribution is 2.37. The lowest BCUT2D eigenvalue weighted by molar-refractivity contribution is 0.101. The number of hydrogen-bond donors (Lipinski definition) is 3. The van der Waals surface area contributed by atoms with Crippen molar-refractivity contribution in [2.75, 3.05) is 16.0 Å². The SMILES string of the molecule is Cc1cc(F)cc(Oc2cnc(NC(=O)c3cc(OC(C)C)cc(OC(C)C)c3)s2)c1.Cc1ccc(Cl)c(Oc2cnc(NC(=O)c3cc(OC(C)C)cc(OC(C)C)c3)s2)c1.Cc1cccc(Oc2cnc(NC(=O)c3cc(OC(C)C)cc(OC(C)C)c3)s2)c1. The third-order valence-corrected chi connectivity index (χ3v) is 14.2. The number of thiazole rings is 3. The molecule has 0 aliphatic carbocycles. The average Bonchev–Trinajstić information content (AvgIpc) is 1.71. The van der Waals surface area contributed by atoms with Crippen LogP contribution in [-0.4, -0.2) is 69.3 Å². The van der Waals surface area contributed by atoms with Crippen LogP contribution >= 0.6 is 45.6 Å². The van der Waals surface area contributed by atoms with Crippen molar-refractivity contribution in [2.45, 2.75) is 140 Å². The average molecular weight is 1330 g/mol. The third-order valence-electron chi connectivity index (χ3n) is 11.5. The van der Waals surface area contributed by atoms with Gasteiger partial charge in [0.15, 0.2) is 15.4 Å². The van der Waals surface area contributed by atoms with Crippen LogP contribution in [0.25, 0.3) is 0 Å². The van der Waals surface area contributed by atoms with E-state index in [1.165, 1.54) is 41.0 Å². The van der Waals surface area contributed by atoms with Crippen LogP contribution in [0.1, 0.15) is 131 Å². The molecule has 0 saturated carbocycles. The minimum atomic E-state index is -0.379. The van der Waals surface area contributed by atoms with E-state index in [4.69, 9.17) is 54.2 Å². The minimum absolute atomic E-state index is 0.0181. The molecule has 3 amide bonds. The number of carbonyl (C=O) groups excluding carboxylic acids is 3. The molecule has 0 aliphatic heterocycles. The van der Waals surface area contributed by atoms with Crippen molar-refractivity contribution in [1.82, 2.24) is 15.0 Å². The maximum absolute atomic E-state index is 13.5. The van der Waals surface area contributed by atoms with Gasteiger partial charge in [-0.3, -0.25) is 30.3 Å². The van der Waals surface area contributed by atoms with Gasteiger partial charge in [-0.25, -0.2) is 19.3 Å². The quantitative estimate of drug-likeness (QED) is 0.0514. The first kappa shape index (κ1) is 70.5. The van der Waals surface area contributed by atoms with Crippen LogP contribution in [0.15, 0.2) is 134 Å². The lowest BCUT2D eigenvalue weighted by Gasteiger charge is -2.15. The molecule has 92 heavy (non-hydrogen) atoms. The van der Waals surface area contributed by atoms with Crippen LogP contribution in [0.5, 0.6) is 66.9 Å². The van der Waals surface area contributed by atoms with Crippen molar-refractivity contribution < 1.29 is 61.4 Å². The van der Waals surface area contributed by atoms with E-state index < -0.39 is 0 Å². The molecule has 0 aliphatic rings. The second-order valence-corrected chi connectivity index (χ2v) is 25.8. The first-order valence-corrected chi connectivity index (χ1v) is 32.4. The molecule has 18 nitrogen and oxygen atoms in total. The Morgan fingerprint density at radius 2 is 0.728 bits per heavy atom. The highest BCUT2D eigenvalue weighted by Gasteiger charge is 2.19. The van der Waals surface area contributed by atoms with Crippen molar-refractivity contribution in [3.63, 3.8) is 0 Å². The van der Waals surface area contributed by atoms with E-state index in [0.29, 0.717) is 98.3 Å². The molecule has 3 aromatic heterocycles. The van der Waals surface area contributed by atoms with Gasteiger partial charge in [0, 0.05) is 41.0 Å². The number of carbonyl (C=O) groups is 3. The van der Waals surface area contributed by atoms with Crippen LogP contribution < -0.4 is 58.6 Å². The van der Waals surface area contributed by atoms with Crippen molar-refractivity contribution in [2.24, 2.45) is 0 Å². The number of amides is 3. The molecule has 23 heteroatoms. The number of ether oxygens (including phenoxy) is 9. The summed E-state index contributed by atoms with van der Waals surface area (Å²) in [6.45, 7) is 28.8. The molecule has 0 saturated heterocycles. The van der Waals surface area contributed by atoms with E-state index in [1.54, 1.807) is 86.0 Å². The molecule has 486 valence electrons. The van der Waals surface area contributed by atoms with Gasteiger partial charge >= 0.3 is 0 Å². The van der Waals surface area contributed by atoms with Gasteiger partial charge in [-0.1, -0.05) is 63.8 Å². The number of rotatable bonds is 24. The zero-order valence-electron chi connectivity index (χ0n) is 53.9. The number of nitrogens with zero attached hydrogens (tertiary/aromatic N) is 3. The fourth-order valence-corrected chi connectivity index (χ4v) is 10.4. The first-order chi connectivity index (χ1) is 43.6. The van der Waals surface area contributed by atoms with Crippen molar-refractivity contribution in [3.05, 3.63) is 178 Å².